The molecule has 0 radical (unpaired) electrons. The van der Waals surface area contributed by atoms with Crippen molar-refractivity contribution in [2.24, 2.45) is 0 Å². The number of aromatic nitrogens is 1. The molecule has 0 aliphatic rings. The van der Waals surface area contributed by atoms with Gasteiger partial charge in [-0.3, -0.25) is 0 Å². The number of aryl methyl sites for hydroxylation is 2. The number of hydrogen-bond acceptors (Lipinski definition) is 3. The van der Waals surface area contributed by atoms with Crippen LogP contribution >= 0.6 is 11.3 Å². The molecule has 0 saturated carbocycles. The minimum absolute atomic E-state index is 0.259. The molecule has 2 aromatic rings. The predicted octanol–water partition coefficient (Wildman–Crippen LogP) is 3.53. The maximum atomic E-state index is 12.5. The van der Waals surface area contributed by atoms with Gasteiger partial charge >= 0.3 is 6.18 Å². The Morgan fingerprint density at radius 3 is 2.33 bits per heavy atom. The number of nitrogen functional groups attached to an aromatic ring is 1. The molecule has 0 aliphatic heterocycles. The zero-order valence-corrected chi connectivity index (χ0v) is 10.2. The summed E-state index contributed by atoms with van der Waals surface area (Å²) in [5, 5.41) is 0.161. The van der Waals surface area contributed by atoms with Gasteiger partial charge in [-0.05, 0) is 12.0 Å². The van der Waals surface area contributed by atoms with Gasteiger partial charge in [0.05, 0.1) is 5.01 Å². The summed E-state index contributed by atoms with van der Waals surface area (Å²) in [6.45, 7) is 0. The minimum Gasteiger partial charge on any atom is -0.389 e. The molecule has 1 aromatic carbocycles. The van der Waals surface area contributed by atoms with Gasteiger partial charge in [0.15, 0.2) is 5.69 Å². The molecule has 2 nitrogen and oxygen atoms in total. The Kier molecular flexibility index (Phi) is 3.56. The summed E-state index contributed by atoms with van der Waals surface area (Å²) in [5.74, 6) is 0. The molecule has 96 valence electrons. The number of nitrogens with two attached hydrogens (primary N) is 1. The lowest BCUT2D eigenvalue weighted by Crippen LogP contribution is -2.08. The van der Waals surface area contributed by atoms with Crippen molar-refractivity contribution in [3.8, 4) is 0 Å². The molecule has 0 fully saturated rings. The third-order valence-electron chi connectivity index (χ3n) is 2.44. The topological polar surface area (TPSA) is 38.9 Å². The summed E-state index contributed by atoms with van der Waals surface area (Å²) in [7, 11) is 0. The van der Waals surface area contributed by atoms with Crippen molar-refractivity contribution >= 4 is 16.3 Å². The molecular weight excluding hydrogens is 261 g/mol. The van der Waals surface area contributed by atoms with E-state index in [9.17, 15) is 13.2 Å². The summed E-state index contributed by atoms with van der Waals surface area (Å²) < 4.78 is 37.5. The van der Waals surface area contributed by atoms with E-state index in [1.807, 2.05) is 30.3 Å². The number of rotatable bonds is 3. The van der Waals surface area contributed by atoms with Crippen molar-refractivity contribution in [3.63, 3.8) is 0 Å². The summed E-state index contributed by atoms with van der Waals surface area (Å²) in [6, 6.07) is 9.55. The van der Waals surface area contributed by atoms with E-state index in [1.54, 1.807) is 0 Å². The van der Waals surface area contributed by atoms with Gasteiger partial charge in [-0.2, -0.15) is 13.2 Å². The zero-order valence-electron chi connectivity index (χ0n) is 9.37. The fraction of sp³-hybridized carbons (Fsp3) is 0.250. The molecule has 2 N–H and O–H groups in total. The van der Waals surface area contributed by atoms with Crippen LogP contribution in [-0.4, -0.2) is 4.98 Å². The van der Waals surface area contributed by atoms with Crippen LogP contribution in [-0.2, 0) is 19.0 Å². The van der Waals surface area contributed by atoms with Gasteiger partial charge in [-0.25, -0.2) is 4.98 Å². The number of nitrogens with zero attached hydrogens (tertiary/aromatic N) is 1. The highest BCUT2D eigenvalue weighted by molar-refractivity contribution is 7.15. The second kappa shape index (κ2) is 4.97. The molecule has 1 aromatic heterocycles. The van der Waals surface area contributed by atoms with Crippen LogP contribution in [0, 0.1) is 0 Å². The van der Waals surface area contributed by atoms with Crippen molar-refractivity contribution in [3.05, 3.63) is 46.6 Å². The smallest absolute Gasteiger partial charge is 0.389 e. The lowest BCUT2D eigenvalue weighted by molar-refractivity contribution is -0.140. The number of alkyl halides is 3. The Bertz CT molecular complexity index is 520. The fourth-order valence-corrected chi connectivity index (χ4v) is 2.44. The Balaban J connectivity index is 2.07. The molecule has 1 heterocycles. The monoisotopic (exact) mass is 272 g/mol. The van der Waals surface area contributed by atoms with E-state index in [4.69, 9.17) is 5.73 Å². The predicted molar refractivity (Wildman–Crippen MR) is 65.4 cm³/mol. The molecule has 0 unspecified atom stereocenters. The molecule has 0 bridgehead atoms. The molecule has 0 amide bonds. The van der Waals surface area contributed by atoms with E-state index < -0.39 is 11.9 Å². The number of halogens is 3. The largest absolute Gasteiger partial charge is 0.436 e. The van der Waals surface area contributed by atoms with Crippen LogP contribution in [0.5, 0.6) is 0 Å². The Hall–Kier alpha value is -1.56. The van der Waals surface area contributed by atoms with Crippen LogP contribution in [0.25, 0.3) is 0 Å². The first-order valence-corrected chi connectivity index (χ1v) is 6.15. The summed E-state index contributed by atoms with van der Waals surface area (Å²) in [5.41, 5.74) is 5.44. The average Bonchev–Trinajstić information content (AvgIpc) is 2.69. The highest BCUT2D eigenvalue weighted by Gasteiger charge is 2.36. The highest BCUT2D eigenvalue weighted by atomic mass is 32.1. The van der Waals surface area contributed by atoms with E-state index in [2.05, 4.69) is 4.98 Å². The second-order valence-corrected chi connectivity index (χ2v) is 4.92. The van der Waals surface area contributed by atoms with Crippen LogP contribution in [0.4, 0.5) is 18.2 Å². The molecule has 0 atom stereocenters. The summed E-state index contributed by atoms with van der Waals surface area (Å²) in [4.78, 5) is 3.56. The van der Waals surface area contributed by atoms with Gasteiger partial charge in [0, 0.05) is 6.42 Å². The SMILES string of the molecule is Nc1sc(CCc2ccccc2)nc1C(F)(F)F. The van der Waals surface area contributed by atoms with Crippen molar-refractivity contribution in [1.29, 1.82) is 0 Å². The Morgan fingerprint density at radius 2 is 1.78 bits per heavy atom. The Labute approximate surface area is 106 Å². The van der Waals surface area contributed by atoms with Crippen LogP contribution < -0.4 is 5.73 Å². The molecule has 0 saturated heterocycles. The van der Waals surface area contributed by atoms with E-state index >= 15 is 0 Å². The van der Waals surface area contributed by atoms with Crippen LogP contribution in [0.15, 0.2) is 30.3 Å². The maximum Gasteiger partial charge on any atom is 0.436 e. The van der Waals surface area contributed by atoms with Crippen molar-refractivity contribution in [1.82, 2.24) is 4.98 Å². The molecule has 2 rings (SSSR count). The van der Waals surface area contributed by atoms with Crippen LogP contribution in [0.1, 0.15) is 16.3 Å². The molecule has 18 heavy (non-hydrogen) atoms. The van der Waals surface area contributed by atoms with Crippen LogP contribution in [0.2, 0.25) is 0 Å². The maximum absolute atomic E-state index is 12.5. The van der Waals surface area contributed by atoms with Gasteiger partial charge < -0.3 is 5.73 Å². The van der Waals surface area contributed by atoms with Crippen molar-refractivity contribution in [2.75, 3.05) is 5.73 Å². The standard InChI is InChI=1S/C12H11F3N2S/c13-12(14,15)10-11(16)18-9(17-10)7-6-8-4-2-1-3-5-8/h1-5H,6-7,16H2. The number of thiazole rings is 1. The first kappa shape index (κ1) is 12.9. The average molecular weight is 272 g/mol. The molecule has 0 spiro atoms. The molecule has 0 aliphatic carbocycles. The lowest BCUT2D eigenvalue weighted by atomic mass is 10.1. The first-order valence-electron chi connectivity index (χ1n) is 5.33. The summed E-state index contributed by atoms with van der Waals surface area (Å²) >= 11 is 0.907. The molecule has 6 heteroatoms. The third kappa shape index (κ3) is 3.01. The van der Waals surface area contributed by atoms with E-state index in [0.29, 0.717) is 17.8 Å². The second-order valence-electron chi connectivity index (χ2n) is 3.80. The first-order chi connectivity index (χ1) is 8.47. The number of anilines is 1. The van der Waals surface area contributed by atoms with Gasteiger partial charge in [0.25, 0.3) is 0 Å². The van der Waals surface area contributed by atoms with Gasteiger partial charge in [-0.1, -0.05) is 30.3 Å². The van der Waals surface area contributed by atoms with Gasteiger partial charge in [0.2, 0.25) is 0 Å². The van der Waals surface area contributed by atoms with E-state index in [-0.39, 0.29) is 5.00 Å². The summed E-state index contributed by atoms with van der Waals surface area (Å²) in [6.07, 6.45) is -3.34. The van der Waals surface area contributed by atoms with E-state index in [0.717, 1.165) is 16.9 Å². The minimum atomic E-state index is -4.47. The zero-order chi connectivity index (χ0) is 13.2. The quantitative estimate of drug-likeness (QED) is 0.928. The van der Waals surface area contributed by atoms with Crippen LogP contribution in [0.3, 0.4) is 0 Å². The van der Waals surface area contributed by atoms with Crippen molar-refractivity contribution in [2.45, 2.75) is 19.0 Å². The lowest BCUT2D eigenvalue weighted by Gasteiger charge is -2.02. The van der Waals surface area contributed by atoms with Gasteiger partial charge in [0.1, 0.15) is 5.00 Å². The molecular formula is C12H11F3N2S. The third-order valence-corrected chi connectivity index (χ3v) is 3.38. The van der Waals surface area contributed by atoms with Gasteiger partial charge in [-0.15, -0.1) is 11.3 Å². The normalized spacial score (nSPS) is 11.7. The number of benzene rings is 1. The Morgan fingerprint density at radius 1 is 1.11 bits per heavy atom. The highest BCUT2D eigenvalue weighted by Crippen LogP contribution is 2.36. The fourth-order valence-electron chi connectivity index (χ4n) is 1.58. The van der Waals surface area contributed by atoms with E-state index in [1.165, 1.54) is 0 Å². The number of hydrogen-bond donors (Lipinski definition) is 1. The van der Waals surface area contributed by atoms with Crippen molar-refractivity contribution < 1.29 is 13.2 Å².